The van der Waals surface area contributed by atoms with Crippen LogP contribution in [0.2, 0.25) is 0 Å². The van der Waals surface area contributed by atoms with Crippen molar-refractivity contribution in [2.45, 2.75) is 32.2 Å². The number of likely N-dealkylation sites (N-methyl/N-ethyl adjacent to an activating group) is 1. The molecule has 1 aromatic carbocycles. The third-order valence-corrected chi connectivity index (χ3v) is 7.29. The number of amides is 3. The van der Waals surface area contributed by atoms with Gasteiger partial charge in [-0.3, -0.25) is 14.6 Å². The number of hydrogen-bond acceptors (Lipinski definition) is 7. The van der Waals surface area contributed by atoms with Crippen LogP contribution in [-0.4, -0.2) is 93.2 Å². The summed E-state index contributed by atoms with van der Waals surface area (Å²) in [6.45, 7) is 4.99. The Balaban J connectivity index is 1.62. The van der Waals surface area contributed by atoms with Crippen molar-refractivity contribution < 1.29 is 28.6 Å². The minimum atomic E-state index is -0.728. The third kappa shape index (κ3) is 5.28. The fraction of sp³-hybridized carbons (Fsp3) is 0.577. The lowest BCUT2D eigenvalue weighted by molar-refractivity contribution is -0.140. The van der Waals surface area contributed by atoms with Gasteiger partial charge in [-0.25, -0.2) is 9.59 Å². The second kappa shape index (κ2) is 11.2. The molecule has 196 valence electrons. The molecule has 1 aliphatic carbocycles. The van der Waals surface area contributed by atoms with Gasteiger partial charge < -0.3 is 24.4 Å². The average molecular weight is 501 g/mol. The van der Waals surface area contributed by atoms with Gasteiger partial charge in [-0.05, 0) is 37.5 Å². The summed E-state index contributed by atoms with van der Waals surface area (Å²) in [6, 6.07) is 4.25. The Labute approximate surface area is 212 Å². The maximum absolute atomic E-state index is 13.3. The highest BCUT2D eigenvalue weighted by Crippen LogP contribution is 2.35. The van der Waals surface area contributed by atoms with E-state index in [1.807, 2.05) is 4.90 Å². The Bertz CT molecular complexity index is 1010. The molecule has 1 N–H and O–H groups in total. The minimum absolute atomic E-state index is 0.184. The molecule has 4 rings (SSSR count). The van der Waals surface area contributed by atoms with Crippen molar-refractivity contribution in [3.8, 4) is 11.5 Å². The fourth-order valence-corrected chi connectivity index (χ4v) is 4.90. The van der Waals surface area contributed by atoms with Crippen LogP contribution in [0, 0.1) is 5.92 Å². The zero-order valence-electron chi connectivity index (χ0n) is 21.5. The number of methoxy groups -OCH3 is 2. The van der Waals surface area contributed by atoms with Gasteiger partial charge >= 0.3 is 12.0 Å². The Morgan fingerprint density at radius 1 is 1.03 bits per heavy atom. The molecule has 0 bridgehead atoms. The number of rotatable bonds is 8. The quantitative estimate of drug-likeness (QED) is 0.546. The summed E-state index contributed by atoms with van der Waals surface area (Å²) in [5.74, 6) is 1.06. The Kier molecular flexibility index (Phi) is 8.03. The second-order valence-electron chi connectivity index (χ2n) is 9.40. The van der Waals surface area contributed by atoms with Gasteiger partial charge in [0.2, 0.25) is 5.91 Å². The molecule has 0 radical (unpaired) electrons. The van der Waals surface area contributed by atoms with Crippen molar-refractivity contribution in [3.05, 3.63) is 35.0 Å². The molecular formula is C26H36N4O6. The molecule has 1 saturated carbocycles. The van der Waals surface area contributed by atoms with E-state index in [1.165, 1.54) is 4.90 Å². The summed E-state index contributed by atoms with van der Waals surface area (Å²) < 4.78 is 16.3. The molecule has 2 heterocycles. The zero-order valence-corrected chi connectivity index (χ0v) is 21.5. The first-order chi connectivity index (χ1) is 17.4. The van der Waals surface area contributed by atoms with Crippen molar-refractivity contribution in [2.24, 2.45) is 5.92 Å². The number of urea groups is 1. The van der Waals surface area contributed by atoms with Crippen LogP contribution in [0.15, 0.2) is 29.5 Å². The molecule has 0 spiro atoms. The molecule has 10 nitrogen and oxygen atoms in total. The van der Waals surface area contributed by atoms with Gasteiger partial charge in [0.05, 0.1) is 32.4 Å². The molecule has 0 aromatic heterocycles. The summed E-state index contributed by atoms with van der Waals surface area (Å²) in [5.41, 5.74) is 1.62. The first kappa shape index (κ1) is 25.8. The fourth-order valence-electron chi connectivity index (χ4n) is 4.90. The van der Waals surface area contributed by atoms with Gasteiger partial charge in [-0.2, -0.15) is 0 Å². The molecule has 2 aliphatic heterocycles. The van der Waals surface area contributed by atoms with Gasteiger partial charge in [0.15, 0.2) is 0 Å². The van der Waals surface area contributed by atoms with Crippen LogP contribution in [-0.2, 0) is 14.3 Å². The van der Waals surface area contributed by atoms with Crippen LogP contribution in [0.25, 0.3) is 0 Å². The molecule has 1 aromatic rings. The Morgan fingerprint density at radius 3 is 2.19 bits per heavy atom. The molecular weight excluding hydrogens is 464 g/mol. The summed E-state index contributed by atoms with van der Waals surface area (Å²) >= 11 is 0. The first-order valence-electron chi connectivity index (χ1n) is 12.5. The van der Waals surface area contributed by atoms with E-state index in [0.29, 0.717) is 61.1 Å². The van der Waals surface area contributed by atoms with E-state index in [1.54, 1.807) is 46.4 Å². The minimum Gasteiger partial charge on any atom is -0.497 e. The van der Waals surface area contributed by atoms with E-state index in [2.05, 4.69) is 10.2 Å². The molecule has 3 amide bonds. The highest BCUT2D eigenvalue weighted by atomic mass is 16.5. The highest BCUT2D eigenvalue weighted by molar-refractivity contribution is 5.95. The van der Waals surface area contributed by atoms with Gasteiger partial charge in [0.25, 0.3) is 0 Å². The van der Waals surface area contributed by atoms with Crippen LogP contribution in [0.3, 0.4) is 0 Å². The number of ether oxygens (including phenoxy) is 3. The predicted octanol–water partition coefficient (Wildman–Crippen LogP) is 2.16. The van der Waals surface area contributed by atoms with E-state index in [0.717, 1.165) is 19.3 Å². The van der Waals surface area contributed by atoms with Crippen molar-refractivity contribution in [1.29, 1.82) is 0 Å². The van der Waals surface area contributed by atoms with E-state index >= 15 is 0 Å². The number of nitrogens with one attached hydrogen (secondary N) is 1. The predicted molar refractivity (Wildman–Crippen MR) is 133 cm³/mol. The van der Waals surface area contributed by atoms with Crippen LogP contribution in [0.5, 0.6) is 11.5 Å². The summed E-state index contributed by atoms with van der Waals surface area (Å²) in [5, 5.41) is 2.93. The van der Waals surface area contributed by atoms with Crippen LogP contribution >= 0.6 is 0 Å². The zero-order chi connectivity index (χ0) is 25.8. The lowest BCUT2D eigenvalue weighted by atomic mass is 9.84. The first-order valence-corrected chi connectivity index (χ1v) is 12.5. The summed E-state index contributed by atoms with van der Waals surface area (Å²) in [4.78, 5) is 44.5. The van der Waals surface area contributed by atoms with E-state index in [9.17, 15) is 14.4 Å². The molecule has 1 unspecified atom stereocenters. The molecule has 36 heavy (non-hydrogen) atoms. The summed E-state index contributed by atoms with van der Waals surface area (Å²) in [7, 11) is 4.76. The number of nitrogens with zero attached hydrogens (tertiary/aromatic N) is 3. The van der Waals surface area contributed by atoms with Gasteiger partial charge in [-0.1, -0.05) is 6.42 Å². The SMILES string of the molecule is CCOC(=O)C1=C(CN2CCN(C(=O)C3CCC3)CC2)N(C)C(=O)NC1c1cc(OC)cc(OC)c1. The van der Waals surface area contributed by atoms with Crippen LogP contribution in [0.4, 0.5) is 4.79 Å². The lowest BCUT2D eigenvalue weighted by Gasteiger charge is -2.41. The summed E-state index contributed by atoms with van der Waals surface area (Å²) in [6.07, 6.45) is 3.12. The van der Waals surface area contributed by atoms with E-state index in [4.69, 9.17) is 14.2 Å². The van der Waals surface area contributed by atoms with Gasteiger partial charge in [0.1, 0.15) is 11.5 Å². The maximum atomic E-state index is 13.3. The standard InChI is InChI=1S/C26H36N4O6/c1-5-36-25(32)22-21(16-29-9-11-30(12-10-29)24(31)17-7-6-8-17)28(2)26(33)27-23(22)18-13-19(34-3)15-20(14-18)35-4/h13-15,17,23H,5-12,16H2,1-4H3,(H,27,33). The number of piperazine rings is 1. The Hall–Kier alpha value is -3.27. The monoisotopic (exact) mass is 500 g/mol. The molecule has 3 aliphatic rings. The molecule has 1 atom stereocenters. The van der Waals surface area contributed by atoms with Crippen molar-refractivity contribution >= 4 is 17.9 Å². The topological polar surface area (TPSA) is 101 Å². The van der Waals surface area contributed by atoms with Gasteiger partial charge in [0, 0.05) is 57.5 Å². The molecule has 10 heteroatoms. The number of carbonyl (C=O) groups excluding carboxylic acids is 3. The number of carbonyl (C=O) groups is 3. The highest BCUT2D eigenvalue weighted by Gasteiger charge is 2.38. The lowest BCUT2D eigenvalue weighted by Crippen LogP contribution is -2.54. The number of esters is 1. The normalized spacial score (nSPS) is 21.1. The van der Waals surface area contributed by atoms with Crippen LogP contribution < -0.4 is 14.8 Å². The van der Waals surface area contributed by atoms with E-state index < -0.39 is 12.0 Å². The average Bonchev–Trinajstić information content (AvgIpc) is 2.85. The molecule has 1 saturated heterocycles. The van der Waals surface area contributed by atoms with Crippen molar-refractivity contribution in [1.82, 2.24) is 20.0 Å². The second-order valence-corrected chi connectivity index (χ2v) is 9.40. The largest absolute Gasteiger partial charge is 0.497 e. The molecule has 2 fully saturated rings. The van der Waals surface area contributed by atoms with Crippen molar-refractivity contribution in [2.75, 3.05) is 60.6 Å². The maximum Gasteiger partial charge on any atom is 0.338 e. The van der Waals surface area contributed by atoms with Crippen LogP contribution in [0.1, 0.15) is 37.8 Å². The smallest absolute Gasteiger partial charge is 0.338 e. The van der Waals surface area contributed by atoms with Gasteiger partial charge in [-0.15, -0.1) is 0 Å². The Morgan fingerprint density at radius 2 is 1.67 bits per heavy atom. The third-order valence-electron chi connectivity index (χ3n) is 7.29. The number of hydrogen-bond donors (Lipinski definition) is 1. The van der Waals surface area contributed by atoms with E-state index in [-0.39, 0.29) is 24.5 Å². The number of benzene rings is 1. The van der Waals surface area contributed by atoms with Crippen molar-refractivity contribution in [3.63, 3.8) is 0 Å².